The number of hydrogen-bond acceptors (Lipinski definition) is 4. The third kappa shape index (κ3) is 1.62. The molecule has 0 radical (unpaired) electrons. The van der Waals surface area contributed by atoms with Crippen LogP contribution in [0.2, 0.25) is 0 Å². The smallest absolute Gasteiger partial charge is 0.181 e. The van der Waals surface area contributed by atoms with Crippen molar-refractivity contribution in [2.24, 2.45) is 0 Å². The lowest BCUT2D eigenvalue weighted by molar-refractivity contribution is 0.565. The van der Waals surface area contributed by atoms with Crippen LogP contribution in [0.5, 0.6) is 0 Å². The van der Waals surface area contributed by atoms with Crippen LogP contribution in [0.1, 0.15) is 11.4 Å². The first-order valence-corrected chi connectivity index (χ1v) is 5.67. The predicted molar refractivity (Wildman–Crippen MR) is 66.9 cm³/mol. The topological polar surface area (TPSA) is 52.1 Å². The Balaban J connectivity index is 2.24. The van der Waals surface area contributed by atoms with E-state index >= 15 is 0 Å². The summed E-state index contributed by atoms with van der Waals surface area (Å²) in [6.45, 7) is 3.84. The van der Waals surface area contributed by atoms with E-state index in [0.717, 1.165) is 34.0 Å². The Kier molecular flexibility index (Phi) is 2.48. The summed E-state index contributed by atoms with van der Waals surface area (Å²) in [4.78, 5) is 8.25. The molecule has 2 aromatic heterocycles. The third-order valence-electron chi connectivity index (χ3n) is 2.91. The van der Waals surface area contributed by atoms with Gasteiger partial charge >= 0.3 is 0 Å². The standard InChI is InChI=1S/C14H12N2O2/c1-9-13(17-7-15-9)11-5-3-4-6-12(11)14-10(2)16-8-18-14/h3-8H,1-2H3. The fourth-order valence-corrected chi connectivity index (χ4v) is 2.00. The Hall–Kier alpha value is -2.36. The van der Waals surface area contributed by atoms with Crippen molar-refractivity contribution < 1.29 is 8.83 Å². The molecule has 0 atom stereocenters. The van der Waals surface area contributed by atoms with E-state index in [-0.39, 0.29) is 0 Å². The molecule has 3 aromatic rings. The van der Waals surface area contributed by atoms with E-state index in [1.807, 2.05) is 38.1 Å². The maximum absolute atomic E-state index is 5.46. The molecule has 4 heteroatoms. The minimum Gasteiger partial charge on any atom is -0.443 e. The zero-order valence-corrected chi connectivity index (χ0v) is 10.2. The molecule has 0 fully saturated rings. The molecule has 2 heterocycles. The molecule has 0 aliphatic carbocycles. The maximum Gasteiger partial charge on any atom is 0.181 e. The average Bonchev–Trinajstić information content (AvgIpc) is 2.98. The SMILES string of the molecule is Cc1ncoc1-c1ccccc1-c1ocnc1C. The number of benzene rings is 1. The normalized spacial score (nSPS) is 10.8. The number of rotatable bonds is 2. The molecule has 0 unspecified atom stereocenters. The van der Waals surface area contributed by atoms with Crippen LogP contribution >= 0.6 is 0 Å². The van der Waals surface area contributed by atoms with Crippen molar-refractivity contribution in [3.63, 3.8) is 0 Å². The lowest BCUT2D eigenvalue weighted by Gasteiger charge is -2.05. The van der Waals surface area contributed by atoms with Crippen molar-refractivity contribution in [2.75, 3.05) is 0 Å². The molecule has 0 bridgehead atoms. The highest BCUT2D eigenvalue weighted by Crippen LogP contribution is 2.34. The molecule has 0 aliphatic heterocycles. The summed E-state index contributed by atoms with van der Waals surface area (Å²) in [7, 11) is 0. The van der Waals surface area contributed by atoms with Gasteiger partial charge in [-0.3, -0.25) is 0 Å². The zero-order chi connectivity index (χ0) is 12.5. The van der Waals surface area contributed by atoms with Crippen LogP contribution in [-0.4, -0.2) is 9.97 Å². The largest absolute Gasteiger partial charge is 0.443 e. The monoisotopic (exact) mass is 240 g/mol. The molecule has 0 saturated carbocycles. The number of oxazole rings is 2. The van der Waals surface area contributed by atoms with E-state index in [2.05, 4.69) is 9.97 Å². The van der Waals surface area contributed by atoms with Crippen LogP contribution in [0.25, 0.3) is 22.6 Å². The lowest BCUT2D eigenvalue weighted by Crippen LogP contribution is -1.86. The second kappa shape index (κ2) is 4.14. The summed E-state index contributed by atoms with van der Waals surface area (Å²) in [6.07, 6.45) is 2.91. The first-order valence-electron chi connectivity index (χ1n) is 5.67. The molecule has 90 valence electrons. The van der Waals surface area contributed by atoms with Gasteiger partial charge in [-0.1, -0.05) is 24.3 Å². The van der Waals surface area contributed by atoms with E-state index in [9.17, 15) is 0 Å². The summed E-state index contributed by atoms with van der Waals surface area (Å²) < 4.78 is 10.9. The predicted octanol–water partition coefficient (Wildman–Crippen LogP) is 3.61. The van der Waals surface area contributed by atoms with E-state index < -0.39 is 0 Å². The van der Waals surface area contributed by atoms with Crippen LogP contribution in [0.4, 0.5) is 0 Å². The van der Waals surface area contributed by atoms with Gasteiger partial charge < -0.3 is 8.83 Å². The molecule has 0 aliphatic rings. The Morgan fingerprint density at radius 3 is 1.56 bits per heavy atom. The van der Waals surface area contributed by atoms with E-state index in [0.29, 0.717) is 0 Å². The number of hydrogen-bond donors (Lipinski definition) is 0. The summed E-state index contributed by atoms with van der Waals surface area (Å²) in [5.74, 6) is 1.53. The molecule has 0 saturated heterocycles. The molecule has 0 spiro atoms. The summed E-state index contributed by atoms with van der Waals surface area (Å²) in [5.41, 5.74) is 3.65. The Morgan fingerprint density at radius 2 is 1.22 bits per heavy atom. The van der Waals surface area contributed by atoms with E-state index in [1.165, 1.54) is 12.8 Å². The van der Waals surface area contributed by atoms with Gasteiger partial charge in [0.05, 0.1) is 11.4 Å². The van der Waals surface area contributed by atoms with Gasteiger partial charge in [-0.25, -0.2) is 9.97 Å². The van der Waals surface area contributed by atoms with Crippen molar-refractivity contribution in [3.05, 3.63) is 48.4 Å². The van der Waals surface area contributed by atoms with Crippen molar-refractivity contribution in [1.82, 2.24) is 9.97 Å². The van der Waals surface area contributed by atoms with Crippen molar-refractivity contribution in [2.45, 2.75) is 13.8 Å². The molecule has 0 N–H and O–H groups in total. The quantitative estimate of drug-likeness (QED) is 0.686. The zero-order valence-electron chi connectivity index (χ0n) is 10.2. The van der Waals surface area contributed by atoms with Gasteiger partial charge in [-0.05, 0) is 13.8 Å². The molecule has 1 aromatic carbocycles. The van der Waals surface area contributed by atoms with E-state index in [4.69, 9.17) is 8.83 Å². The summed E-state index contributed by atoms with van der Waals surface area (Å²) in [5, 5.41) is 0. The van der Waals surface area contributed by atoms with Crippen molar-refractivity contribution in [3.8, 4) is 22.6 Å². The number of aryl methyl sites for hydroxylation is 2. The van der Waals surface area contributed by atoms with Crippen LogP contribution in [0.15, 0.2) is 45.9 Å². The molecule has 3 rings (SSSR count). The van der Waals surface area contributed by atoms with Crippen LogP contribution in [0, 0.1) is 13.8 Å². The fourth-order valence-electron chi connectivity index (χ4n) is 2.00. The first kappa shape index (κ1) is 10.8. The molecular weight excluding hydrogens is 228 g/mol. The van der Waals surface area contributed by atoms with Crippen LogP contribution in [-0.2, 0) is 0 Å². The highest BCUT2D eigenvalue weighted by molar-refractivity contribution is 5.80. The van der Waals surface area contributed by atoms with Gasteiger partial charge in [0, 0.05) is 11.1 Å². The third-order valence-corrected chi connectivity index (χ3v) is 2.91. The molecule has 18 heavy (non-hydrogen) atoms. The molecular formula is C14H12N2O2. The van der Waals surface area contributed by atoms with Gasteiger partial charge in [0.1, 0.15) is 0 Å². The number of aromatic nitrogens is 2. The van der Waals surface area contributed by atoms with E-state index in [1.54, 1.807) is 0 Å². The molecule has 0 amide bonds. The lowest BCUT2D eigenvalue weighted by atomic mass is 10.0. The summed E-state index contributed by atoms with van der Waals surface area (Å²) >= 11 is 0. The van der Waals surface area contributed by atoms with Gasteiger partial charge in [-0.2, -0.15) is 0 Å². The van der Waals surface area contributed by atoms with Gasteiger partial charge in [0.25, 0.3) is 0 Å². The minimum absolute atomic E-state index is 0.765. The van der Waals surface area contributed by atoms with Crippen molar-refractivity contribution >= 4 is 0 Å². The van der Waals surface area contributed by atoms with Gasteiger partial charge in [0.15, 0.2) is 24.3 Å². The van der Waals surface area contributed by atoms with Crippen LogP contribution < -0.4 is 0 Å². The Bertz CT molecular complexity index is 623. The molecule has 4 nitrogen and oxygen atoms in total. The highest BCUT2D eigenvalue weighted by Gasteiger charge is 2.16. The minimum atomic E-state index is 0.765. The second-order valence-electron chi connectivity index (χ2n) is 4.08. The van der Waals surface area contributed by atoms with Gasteiger partial charge in [-0.15, -0.1) is 0 Å². The number of nitrogens with zero attached hydrogens (tertiary/aromatic N) is 2. The Morgan fingerprint density at radius 1 is 0.778 bits per heavy atom. The maximum atomic E-state index is 5.46. The summed E-state index contributed by atoms with van der Waals surface area (Å²) in [6, 6.07) is 7.91. The highest BCUT2D eigenvalue weighted by atomic mass is 16.3. The van der Waals surface area contributed by atoms with Crippen LogP contribution in [0.3, 0.4) is 0 Å². The van der Waals surface area contributed by atoms with Gasteiger partial charge in [0.2, 0.25) is 0 Å². The first-order chi connectivity index (χ1) is 8.77. The van der Waals surface area contributed by atoms with Crippen molar-refractivity contribution in [1.29, 1.82) is 0 Å². The fraction of sp³-hybridized carbons (Fsp3) is 0.143. The second-order valence-corrected chi connectivity index (χ2v) is 4.08. The average molecular weight is 240 g/mol. The Labute approximate surface area is 104 Å².